The minimum atomic E-state index is -0.957. The summed E-state index contributed by atoms with van der Waals surface area (Å²) in [6.07, 6.45) is 1.32. The molecule has 1 saturated heterocycles. The predicted molar refractivity (Wildman–Crippen MR) is 106 cm³/mol. The highest BCUT2D eigenvalue weighted by Gasteiger charge is 2.45. The van der Waals surface area contributed by atoms with Gasteiger partial charge in [0.15, 0.2) is 0 Å². The number of hydrogen-bond donors (Lipinski definition) is 2. The fourth-order valence-electron chi connectivity index (χ4n) is 3.56. The summed E-state index contributed by atoms with van der Waals surface area (Å²) >= 11 is 0. The first-order valence-electron chi connectivity index (χ1n) is 9.34. The molecule has 0 saturated carbocycles. The van der Waals surface area contributed by atoms with Crippen LogP contribution in [0.15, 0.2) is 54.6 Å². The highest BCUT2D eigenvalue weighted by atomic mass is 16.4. The van der Waals surface area contributed by atoms with Gasteiger partial charge in [-0.3, -0.25) is 14.4 Å². The van der Waals surface area contributed by atoms with Gasteiger partial charge < -0.3 is 15.3 Å². The van der Waals surface area contributed by atoms with Crippen LogP contribution in [0.5, 0.6) is 0 Å². The van der Waals surface area contributed by atoms with Crippen molar-refractivity contribution in [2.45, 2.75) is 38.1 Å². The summed E-state index contributed by atoms with van der Waals surface area (Å²) in [4.78, 5) is 38.8. The number of hydrogen-bond acceptors (Lipinski definition) is 3. The minimum absolute atomic E-state index is 0.163. The first-order valence-corrected chi connectivity index (χ1v) is 9.34. The lowest BCUT2D eigenvalue weighted by molar-refractivity contribution is -0.138. The second-order valence-electron chi connectivity index (χ2n) is 7.34. The van der Waals surface area contributed by atoms with Gasteiger partial charge in [-0.15, -0.1) is 0 Å². The third-order valence-corrected chi connectivity index (χ3v) is 5.41. The standard InChI is InChI=1S/C22H24N2O4/c1-15(20(26)27)17-10-6-11-18(14-17)23-21(28)22(2)12-7-13-24(22)19(25)16-8-4-3-5-9-16/h3-6,8-11,14-15H,7,12-13H2,1-2H3,(H,23,28)(H,26,27). The first kappa shape index (κ1) is 19.6. The number of nitrogens with zero attached hydrogens (tertiary/aromatic N) is 1. The van der Waals surface area contributed by atoms with Crippen molar-refractivity contribution >= 4 is 23.5 Å². The quantitative estimate of drug-likeness (QED) is 0.831. The molecule has 0 aromatic heterocycles. The average Bonchev–Trinajstić information content (AvgIpc) is 3.10. The maximum atomic E-state index is 13.1. The molecule has 1 fully saturated rings. The molecule has 1 aliphatic heterocycles. The van der Waals surface area contributed by atoms with Crippen molar-refractivity contribution in [3.8, 4) is 0 Å². The van der Waals surface area contributed by atoms with Crippen molar-refractivity contribution < 1.29 is 19.5 Å². The molecule has 1 aliphatic rings. The van der Waals surface area contributed by atoms with Gasteiger partial charge in [0.25, 0.3) is 5.91 Å². The van der Waals surface area contributed by atoms with E-state index in [0.29, 0.717) is 29.8 Å². The molecule has 0 radical (unpaired) electrons. The van der Waals surface area contributed by atoms with Gasteiger partial charge in [0.2, 0.25) is 5.91 Å². The van der Waals surface area contributed by atoms with Crippen molar-refractivity contribution in [1.82, 2.24) is 4.90 Å². The number of likely N-dealkylation sites (tertiary alicyclic amines) is 1. The van der Waals surface area contributed by atoms with Crippen LogP contribution in [-0.4, -0.2) is 39.9 Å². The number of carboxylic acids is 1. The third-order valence-electron chi connectivity index (χ3n) is 5.41. The molecule has 1 heterocycles. The van der Waals surface area contributed by atoms with E-state index < -0.39 is 17.4 Å². The van der Waals surface area contributed by atoms with Crippen molar-refractivity contribution in [1.29, 1.82) is 0 Å². The Morgan fingerprint density at radius 1 is 1.11 bits per heavy atom. The maximum absolute atomic E-state index is 13.1. The van der Waals surface area contributed by atoms with Gasteiger partial charge in [-0.2, -0.15) is 0 Å². The third kappa shape index (κ3) is 3.76. The summed E-state index contributed by atoms with van der Waals surface area (Å²) in [5, 5.41) is 12.1. The Bertz CT molecular complexity index is 896. The second kappa shape index (κ2) is 7.84. The van der Waals surface area contributed by atoms with Crippen LogP contribution in [0.3, 0.4) is 0 Å². The van der Waals surface area contributed by atoms with E-state index in [4.69, 9.17) is 0 Å². The van der Waals surface area contributed by atoms with Crippen LogP contribution in [0, 0.1) is 0 Å². The van der Waals surface area contributed by atoms with Gasteiger partial charge in [0.05, 0.1) is 5.92 Å². The molecule has 28 heavy (non-hydrogen) atoms. The van der Waals surface area contributed by atoms with Crippen molar-refractivity contribution in [2.75, 3.05) is 11.9 Å². The van der Waals surface area contributed by atoms with E-state index in [0.717, 1.165) is 6.42 Å². The van der Waals surface area contributed by atoms with Crippen LogP contribution >= 0.6 is 0 Å². The zero-order chi connectivity index (χ0) is 20.3. The van der Waals surface area contributed by atoms with Gasteiger partial charge in [-0.1, -0.05) is 30.3 Å². The Balaban J connectivity index is 1.80. The molecule has 0 bridgehead atoms. The average molecular weight is 380 g/mol. The Morgan fingerprint density at radius 2 is 1.82 bits per heavy atom. The Labute approximate surface area is 164 Å². The number of benzene rings is 2. The Kier molecular flexibility index (Phi) is 5.49. The minimum Gasteiger partial charge on any atom is -0.481 e. The second-order valence-corrected chi connectivity index (χ2v) is 7.34. The van der Waals surface area contributed by atoms with E-state index >= 15 is 0 Å². The van der Waals surface area contributed by atoms with Gasteiger partial charge in [0.1, 0.15) is 5.54 Å². The highest BCUT2D eigenvalue weighted by Crippen LogP contribution is 2.32. The smallest absolute Gasteiger partial charge is 0.310 e. The number of carbonyl (C=O) groups excluding carboxylic acids is 2. The van der Waals surface area contributed by atoms with Crippen LogP contribution in [0.1, 0.15) is 48.5 Å². The van der Waals surface area contributed by atoms with Crippen molar-refractivity contribution in [2.24, 2.45) is 0 Å². The van der Waals surface area contributed by atoms with E-state index in [1.807, 2.05) is 6.07 Å². The van der Waals surface area contributed by atoms with E-state index in [9.17, 15) is 19.5 Å². The first-order chi connectivity index (χ1) is 13.3. The Morgan fingerprint density at radius 3 is 2.50 bits per heavy atom. The molecule has 2 amide bonds. The zero-order valence-corrected chi connectivity index (χ0v) is 16.0. The SMILES string of the molecule is CC(C(=O)O)c1cccc(NC(=O)C2(C)CCCN2C(=O)c2ccccc2)c1. The summed E-state index contributed by atoms with van der Waals surface area (Å²) in [6, 6.07) is 15.8. The van der Waals surface area contributed by atoms with Crippen LogP contribution in [-0.2, 0) is 9.59 Å². The molecular formula is C22H24N2O4. The Hall–Kier alpha value is -3.15. The van der Waals surface area contributed by atoms with Gasteiger partial charge in [0, 0.05) is 17.8 Å². The highest BCUT2D eigenvalue weighted by molar-refractivity contribution is 6.04. The molecule has 0 aliphatic carbocycles. The molecular weight excluding hydrogens is 356 g/mol. The van der Waals surface area contributed by atoms with E-state index in [1.165, 1.54) is 0 Å². The monoisotopic (exact) mass is 380 g/mol. The topological polar surface area (TPSA) is 86.7 Å². The molecule has 0 spiro atoms. The number of amides is 2. The number of carboxylic acid groups (broad SMARTS) is 1. The summed E-state index contributed by atoms with van der Waals surface area (Å²) in [5.74, 6) is -2.03. The van der Waals surface area contributed by atoms with Crippen LogP contribution in [0.2, 0.25) is 0 Å². The van der Waals surface area contributed by atoms with Gasteiger partial charge in [-0.25, -0.2) is 0 Å². The molecule has 2 atom stereocenters. The van der Waals surface area contributed by atoms with Gasteiger partial charge in [-0.05, 0) is 56.5 Å². The summed E-state index contributed by atoms with van der Waals surface area (Å²) in [6.45, 7) is 3.90. The molecule has 2 unspecified atom stereocenters. The summed E-state index contributed by atoms with van der Waals surface area (Å²) in [5.41, 5.74) is 0.733. The normalized spacial score (nSPS) is 19.9. The van der Waals surface area contributed by atoms with Crippen molar-refractivity contribution in [3.63, 3.8) is 0 Å². The number of rotatable bonds is 5. The summed E-state index contributed by atoms with van der Waals surface area (Å²) < 4.78 is 0. The molecule has 6 heteroatoms. The lowest BCUT2D eigenvalue weighted by Gasteiger charge is -2.34. The van der Waals surface area contributed by atoms with Crippen LogP contribution < -0.4 is 5.32 Å². The molecule has 2 aromatic rings. The molecule has 2 aromatic carbocycles. The van der Waals surface area contributed by atoms with E-state index in [-0.39, 0.29) is 11.8 Å². The molecule has 6 nitrogen and oxygen atoms in total. The van der Waals surface area contributed by atoms with Crippen LogP contribution in [0.25, 0.3) is 0 Å². The number of aliphatic carboxylic acids is 1. The van der Waals surface area contributed by atoms with Gasteiger partial charge >= 0.3 is 5.97 Å². The number of anilines is 1. The zero-order valence-electron chi connectivity index (χ0n) is 16.0. The molecule has 2 N–H and O–H groups in total. The largest absolute Gasteiger partial charge is 0.481 e. The molecule has 3 rings (SSSR count). The van der Waals surface area contributed by atoms with E-state index in [2.05, 4.69) is 5.32 Å². The lowest BCUT2D eigenvalue weighted by atomic mass is 9.96. The number of nitrogens with one attached hydrogen (secondary N) is 1. The van der Waals surface area contributed by atoms with Crippen molar-refractivity contribution in [3.05, 3.63) is 65.7 Å². The fourth-order valence-corrected chi connectivity index (χ4v) is 3.56. The van der Waals surface area contributed by atoms with E-state index in [1.54, 1.807) is 67.3 Å². The lowest BCUT2D eigenvalue weighted by Crippen LogP contribution is -2.53. The number of carbonyl (C=O) groups is 3. The summed E-state index contributed by atoms with van der Waals surface area (Å²) in [7, 11) is 0. The fraction of sp³-hybridized carbons (Fsp3) is 0.318. The molecule has 146 valence electrons. The maximum Gasteiger partial charge on any atom is 0.310 e. The predicted octanol–water partition coefficient (Wildman–Crippen LogP) is 3.51. The van der Waals surface area contributed by atoms with Crippen LogP contribution in [0.4, 0.5) is 5.69 Å².